The largest absolute Gasteiger partial charge is 0.452 e. The van der Waals surface area contributed by atoms with Gasteiger partial charge in [0.1, 0.15) is 0 Å². The summed E-state index contributed by atoms with van der Waals surface area (Å²) in [6.45, 7) is 0.279. The van der Waals surface area contributed by atoms with Gasteiger partial charge in [-0.25, -0.2) is 4.79 Å². The quantitative estimate of drug-likeness (QED) is 0.545. The minimum absolute atomic E-state index is 0.0735. The van der Waals surface area contributed by atoms with Gasteiger partial charge in [-0.2, -0.15) is 0 Å². The topological polar surface area (TPSA) is 102 Å². The molecule has 0 spiro atoms. The molecule has 0 bridgehead atoms. The van der Waals surface area contributed by atoms with E-state index in [1.165, 1.54) is 18.2 Å². The van der Waals surface area contributed by atoms with Crippen molar-refractivity contribution in [2.45, 2.75) is 18.9 Å². The first-order valence-corrected chi connectivity index (χ1v) is 10.1. The lowest BCUT2D eigenvalue weighted by Crippen LogP contribution is -2.36. The molecule has 0 saturated carbocycles. The molecule has 2 heterocycles. The van der Waals surface area contributed by atoms with Crippen molar-refractivity contribution in [1.82, 2.24) is 4.90 Å². The van der Waals surface area contributed by atoms with E-state index >= 15 is 0 Å². The minimum Gasteiger partial charge on any atom is -0.452 e. The molecule has 31 heavy (non-hydrogen) atoms. The summed E-state index contributed by atoms with van der Waals surface area (Å²) in [6, 6.07) is 10.8. The number of benzene rings is 2. The van der Waals surface area contributed by atoms with Crippen LogP contribution in [0.15, 0.2) is 42.5 Å². The van der Waals surface area contributed by atoms with Gasteiger partial charge >= 0.3 is 5.97 Å². The maximum Gasteiger partial charge on any atom is 0.338 e. The standard InChI is InChI=1S/C22H19ClN2O6/c23-17-5-1-2-6-18(17)24-19(26)12-31-22(29)13-7-8-15-16(10-13)21(28)25(20(15)27)11-14-4-3-9-30-14/h1-2,5-8,10,14H,3-4,9,11-12H2,(H,24,26)/t14-/m1/s1. The van der Waals surface area contributed by atoms with Gasteiger partial charge in [0, 0.05) is 6.61 Å². The van der Waals surface area contributed by atoms with Crippen LogP contribution in [0.3, 0.4) is 0 Å². The predicted octanol–water partition coefficient (Wildman–Crippen LogP) is 2.91. The number of hydrogen-bond donors (Lipinski definition) is 1. The summed E-state index contributed by atoms with van der Waals surface area (Å²) in [4.78, 5) is 50.8. The van der Waals surface area contributed by atoms with E-state index in [9.17, 15) is 19.2 Å². The molecule has 0 radical (unpaired) electrons. The highest BCUT2D eigenvalue weighted by atomic mass is 35.5. The van der Waals surface area contributed by atoms with Gasteiger partial charge in [0.2, 0.25) is 0 Å². The second kappa shape index (κ2) is 8.87. The van der Waals surface area contributed by atoms with Crippen molar-refractivity contribution in [2.24, 2.45) is 0 Å². The number of esters is 1. The van der Waals surface area contributed by atoms with E-state index in [1.54, 1.807) is 24.3 Å². The molecule has 2 aliphatic rings. The third-order valence-corrected chi connectivity index (χ3v) is 5.43. The average Bonchev–Trinajstić information content (AvgIpc) is 3.36. The molecule has 0 unspecified atom stereocenters. The molecule has 0 aliphatic carbocycles. The van der Waals surface area contributed by atoms with Crippen LogP contribution in [0.2, 0.25) is 5.02 Å². The molecule has 3 amide bonds. The van der Waals surface area contributed by atoms with Crippen molar-refractivity contribution in [3.63, 3.8) is 0 Å². The van der Waals surface area contributed by atoms with Gasteiger partial charge in [-0.05, 0) is 43.2 Å². The number of carbonyl (C=O) groups excluding carboxylic acids is 4. The van der Waals surface area contributed by atoms with Crippen LogP contribution in [0, 0.1) is 0 Å². The summed E-state index contributed by atoms with van der Waals surface area (Å²) in [6.07, 6.45) is 1.53. The molecule has 0 aromatic heterocycles. The third kappa shape index (κ3) is 4.45. The Morgan fingerprint density at radius 1 is 1.13 bits per heavy atom. The van der Waals surface area contributed by atoms with Crippen LogP contribution in [0.5, 0.6) is 0 Å². The summed E-state index contributed by atoms with van der Waals surface area (Å²) in [5, 5.41) is 2.90. The number of amides is 3. The van der Waals surface area contributed by atoms with E-state index < -0.39 is 30.3 Å². The number of nitrogens with zero attached hydrogens (tertiary/aromatic N) is 1. The van der Waals surface area contributed by atoms with E-state index in [-0.39, 0.29) is 29.3 Å². The lowest BCUT2D eigenvalue weighted by molar-refractivity contribution is -0.119. The van der Waals surface area contributed by atoms with Crippen LogP contribution in [-0.2, 0) is 14.3 Å². The molecule has 160 valence electrons. The van der Waals surface area contributed by atoms with E-state index in [4.69, 9.17) is 21.1 Å². The molecule has 1 N–H and O–H groups in total. The Kier molecular flexibility index (Phi) is 6.01. The zero-order chi connectivity index (χ0) is 22.0. The third-order valence-electron chi connectivity index (χ3n) is 5.10. The molecule has 2 aromatic carbocycles. The molecule has 1 fully saturated rings. The predicted molar refractivity (Wildman–Crippen MR) is 111 cm³/mol. The Labute approximate surface area is 183 Å². The number of ether oxygens (including phenoxy) is 2. The van der Waals surface area contributed by atoms with E-state index in [0.29, 0.717) is 17.3 Å². The second-order valence-corrected chi connectivity index (χ2v) is 7.63. The monoisotopic (exact) mass is 442 g/mol. The van der Waals surface area contributed by atoms with Gasteiger partial charge in [0.05, 0.1) is 40.0 Å². The number of fused-ring (bicyclic) bond motifs is 1. The summed E-state index contributed by atoms with van der Waals surface area (Å²) < 4.78 is 10.5. The van der Waals surface area contributed by atoms with Gasteiger partial charge in [-0.15, -0.1) is 0 Å². The normalized spacial score (nSPS) is 17.6. The molecular formula is C22H19ClN2O6. The molecule has 9 heteroatoms. The highest BCUT2D eigenvalue weighted by molar-refractivity contribution is 6.33. The fraction of sp³-hybridized carbons (Fsp3) is 0.273. The van der Waals surface area contributed by atoms with Crippen molar-refractivity contribution in [1.29, 1.82) is 0 Å². The molecular weight excluding hydrogens is 424 g/mol. The minimum atomic E-state index is -0.782. The number of halogens is 1. The summed E-state index contributed by atoms with van der Waals surface area (Å²) in [5.74, 6) is -2.22. The van der Waals surface area contributed by atoms with E-state index in [2.05, 4.69) is 5.32 Å². The second-order valence-electron chi connectivity index (χ2n) is 7.22. The van der Waals surface area contributed by atoms with Gasteiger partial charge in [0.15, 0.2) is 6.61 Å². The Hall–Kier alpha value is -3.23. The van der Waals surface area contributed by atoms with Gasteiger partial charge < -0.3 is 14.8 Å². The number of anilines is 1. The Morgan fingerprint density at radius 2 is 1.90 bits per heavy atom. The van der Waals surface area contributed by atoms with Crippen LogP contribution < -0.4 is 5.32 Å². The van der Waals surface area contributed by atoms with Crippen LogP contribution in [0.25, 0.3) is 0 Å². The summed E-state index contributed by atoms with van der Waals surface area (Å²) >= 11 is 5.98. The maximum absolute atomic E-state index is 12.7. The molecule has 2 aliphatic heterocycles. The number of para-hydroxylation sites is 1. The zero-order valence-electron chi connectivity index (χ0n) is 16.4. The van der Waals surface area contributed by atoms with E-state index in [1.807, 2.05) is 0 Å². The number of rotatable bonds is 6. The Bertz CT molecular complexity index is 1060. The number of nitrogens with one attached hydrogen (secondary N) is 1. The first-order valence-electron chi connectivity index (χ1n) is 9.77. The van der Waals surface area contributed by atoms with Crippen LogP contribution in [0.1, 0.15) is 43.9 Å². The number of hydrogen-bond acceptors (Lipinski definition) is 6. The molecule has 2 aromatic rings. The van der Waals surface area contributed by atoms with Crippen LogP contribution in [-0.4, -0.2) is 54.5 Å². The highest BCUT2D eigenvalue weighted by Crippen LogP contribution is 2.26. The number of imide groups is 1. The highest BCUT2D eigenvalue weighted by Gasteiger charge is 2.38. The van der Waals surface area contributed by atoms with Crippen LogP contribution in [0.4, 0.5) is 5.69 Å². The smallest absolute Gasteiger partial charge is 0.338 e. The van der Waals surface area contributed by atoms with Crippen molar-refractivity contribution < 1.29 is 28.7 Å². The van der Waals surface area contributed by atoms with E-state index in [0.717, 1.165) is 17.7 Å². The molecule has 4 rings (SSSR count). The Balaban J connectivity index is 1.39. The summed E-state index contributed by atoms with van der Waals surface area (Å²) in [5.41, 5.74) is 0.844. The zero-order valence-corrected chi connectivity index (χ0v) is 17.2. The van der Waals surface area contributed by atoms with Gasteiger partial charge in [0.25, 0.3) is 17.7 Å². The first-order chi connectivity index (χ1) is 14.9. The van der Waals surface area contributed by atoms with Crippen molar-refractivity contribution >= 4 is 41.0 Å². The lowest BCUT2D eigenvalue weighted by atomic mass is 10.1. The lowest BCUT2D eigenvalue weighted by Gasteiger charge is -2.17. The number of carbonyl (C=O) groups is 4. The van der Waals surface area contributed by atoms with Gasteiger partial charge in [-0.3, -0.25) is 19.3 Å². The molecule has 8 nitrogen and oxygen atoms in total. The Morgan fingerprint density at radius 3 is 2.65 bits per heavy atom. The molecule has 1 saturated heterocycles. The maximum atomic E-state index is 12.7. The van der Waals surface area contributed by atoms with Crippen LogP contribution >= 0.6 is 11.6 Å². The van der Waals surface area contributed by atoms with Gasteiger partial charge in [-0.1, -0.05) is 23.7 Å². The first kappa shape index (κ1) is 21.0. The van der Waals surface area contributed by atoms with Crippen molar-refractivity contribution in [3.8, 4) is 0 Å². The fourth-order valence-corrected chi connectivity index (χ4v) is 3.72. The fourth-order valence-electron chi connectivity index (χ4n) is 3.54. The van der Waals surface area contributed by atoms with Crippen molar-refractivity contribution in [2.75, 3.05) is 25.1 Å². The summed E-state index contributed by atoms with van der Waals surface area (Å²) in [7, 11) is 0. The average molecular weight is 443 g/mol. The molecule has 1 atom stereocenters. The SMILES string of the molecule is O=C(COC(=O)c1ccc2c(c1)C(=O)N(C[C@H]1CCCO1)C2=O)Nc1ccccc1Cl. The van der Waals surface area contributed by atoms with Crippen molar-refractivity contribution in [3.05, 3.63) is 64.2 Å².